The predicted octanol–water partition coefficient (Wildman–Crippen LogP) is 7.47. The molecule has 0 radical (unpaired) electrons. The standard InChI is InChI=1S/C26H21Cl2N3O6S/c1-3-37-18-11-16(27)10-17(12-18)29-26(33)20-9-15-6-4-5-7-19(15)24(25(20)32)31-30-22-8-14(2)21(28)13-23(22)38(34,35)36/h4-13,32H,3H2,1-2H3,(H,29,33)(H,34,35,36). The zero-order valence-corrected chi connectivity index (χ0v) is 22.4. The van der Waals surface area contributed by atoms with Gasteiger partial charge in [-0.1, -0.05) is 47.5 Å². The molecule has 1 amide bonds. The second-order valence-corrected chi connectivity index (χ2v) is 10.4. The van der Waals surface area contributed by atoms with Crippen molar-refractivity contribution in [1.29, 1.82) is 0 Å². The van der Waals surface area contributed by atoms with Crippen molar-refractivity contribution >= 4 is 67.1 Å². The van der Waals surface area contributed by atoms with Gasteiger partial charge >= 0.3 is 0 Å². The average Bonchev–Trinajstić information content (AvgIpc) is 2.84. The fourth-order valence-corrected chi connectivity index (χ4v) is 4.80. The summed E-state index contributed by atoms with van der Waals surface area (Å²) in [5, 5.41) is 23.3. The van der Waals surface area contributed by atoms with Crippen molar-refractivity contribution < 1.29 is 27.6 Å². The van der Waals surface area contributed by atoms with Gasteiger partial charge in [0.25, 0.3) is 16.0 Å². The molecule has 0 atom stereocenters. The number of ether oxygens (including phenoxy) is 1. The molecule has 0 aliphatic carbocycles. The lowest BCUT2D eigenvalue weighted by Gasteiger charge is -2.12. The highest BCUT2D eigenvalue weighted by Crippen LogP contribution is 2.41. The molecule has 0 saturated carbocycles. The fraction of sp³-hybridized carbons (Fsp3) is 0.115. The summed E-state index contributed by atoms with van der Waals surface area (Å²) in [6.45, 7) is 3.84. The fourth-order valence-electron chi connectivity index (χ4n) is 3.71. The molecule has 3 N–H and O–H groups in total. The van der Waals surface area contributed by atoms with Gasteiger partial charge in [0, 0.05) is 27.2 Å². The second-order valence-electron chi connectivity index (χ2n) is 8.15. The van der Waals surface area contributed by atoms with E-state index in [0.29, 0.717) is 39.4 Å². The van der Waals surface area contributed by atoms with Gasteiger partial charge in [-0.3, -0.25) is 9.35 Å². The van der Waals surface area contributed by atoms with Crippen molar-refractivity contribution in [2.45, 2.75) is 18.7 Å². The van der Waals surface area contributed by atoms with Crippen molar-refractivity contribution in [3.63, 3.8) is 0 Å². The summed E-state index contributed by atoms with van der Waals surface area (Å²) in [5.74, 6) is -0.688. The molecule has 0 unspecified atom stereocenters. The Morgan fingerprint density at radius 1 is 1.05 bits per heavy atom. The van der Waals surface area contributed by atoms with E-state index in [4.69, 9.17) is 27.9 Å². The molecule has 4 aromatic rings. The van der Waals surface area contributed by atoms with Gasteiger partial charge in [-0.15, -0.1) is 10.2 Å². The molecular formula is C26H21Cl2N3O6S. The first-order valence-corrected chi connectivity index (χ1v) is 13.4. The van der Waals surface area contributed by atoms with Crippen LogP contribution in [0.5, 0.6) is 11.5 Å². The lowest BCUT2D eigenvalue weighted by atomic mass is 10.0. The van der Waals surface area contributed by atoms with Crippen LogP contribution in [0.1, 0.15) is 22.8 Å². The maximum Gasteiger partial charge on any atom is 0.296 e. The van der Waals surface area contributed by atoms with Crippen LogP contribution in [-0.2, 0) is 10.1 Å². The monoisotopic (exact) mass is 573 g/mol. The third-order valence-corrected chi connectivity index (χ3v) is 6.96. The zero-order valence-electron chi connectivity index (χ0n) is 20.1. The van der Waals surface area contributed by atoms with E-state index >= 15 is 0 Å². The van der Waals surface area contributed by atoms with E-state index in [9.17, 15) is 22.9 Å². The van der Waals surface area contributed by atoms with Gasteiger partial charge in [0.2, 0.25) is 0 Å². The number of carbonyl (C=O) groups excluding carboxylic acids is 1. The van der Waals surface area contributed by atoms with Gasteiger partial charge in [-0.2, -0.15) is 8.42 Å². The van der Waals surface area contributed by atoms with Crippen LogP contribution in [0, 0.1) is 6.92 Å². The lowest BCUT2D eigenvalue weighted by Crippen LogP contribution is -2.12. The maximum absolute atomic E-state index is 13.2. The molecule has 38 heavy (non-hydrogen) atoms. The Balaban J connectivity index is 1.81. The lowest BCUT2D eigenvalue weighted by molar-refractivity contribution is 0.102. The van der Waals surface area contributed by atoms with E-state index in [2.05, 4.69) is 15.5 Å². The normalized spacial score (nSPS) is 11.7. The Labute approximate surface area is 228 Å². The molecule has 0 aliphatic rings. The van der Waals surface area contributed by atoms with Crippen LogP contribution < -0.4 is 10.1 Å². The molecular weight excluding hydrogens is 553 g/mol. The summed E-state index contributed by atoms with van der Waals surface area (Å²) >= 11 is 12.2. The average molecular weight is 574 g/mol. The van der Waals surface area contributed by atoms with Crippen molar-refractivity contribution in [3.8, 4) is 11.5 Å². The molecule has 0 aromatic heterocycles. The van der Waals surface area contributed by atoms with E-state index in [1.54, 1.807) is 43.3 Å². The van der Waals surface area contributed by atoms with Gasteiger partial charge < -0.3 is 15.2 Å². The number of benzene rings is 4. The summed E-state index contributed by atoms with van der Waals surface area (Å²) in [6.07, 6.45) is 0. The minimum Gasteiger partial charge on any atom is -0.505 e. The number of hydrogen-bond donors (Lipinski definition) is 3. The zero-order chi connectivity index (χ0) is 27.6. The molecule has 196 valence electrons. The third kappa shape index (κ3) is 5.89. The smallest absolute Gasteiger partial charge is 0.296 e. The van der Waals surface area contributed by atoms with E-state index < -0.39 is 26.7 Å². The number of nitrogens with zero attached hydrogens (tertiary/aromatic N) is 2. The number of phenolic OH excluding ortho intramolecular Hbond substituents is 1. The third-order valence-electron chi connectivity index (χ3n) is 5.46. The topological polar surface area (TPSA) is 138 Å². The number of azo groups is 1. The molecule has 4 aromatic carbocycles. The number of aryl methyl sites for hydroxylation is 1. The van der Waals surface area contributed by atoms with Crippen molar-refractivity contribution in [1.82, 2.24) is 0 Å². The highest BCUT2D eigenvalue weighted by atomic mass is 35.5. The van der Waals surface area contributed by atoms with Crippen LogP contribution in [-0.4, -0.2) is 30.6 Å². The van der Waals surface area contributed by atoms with E-state index in [1.807, 2.05) is 6.92 Å². The number of hydrogen-bond acceptors (Lipinski definition) is 7. The van der Waals surface area contributed by atoms with Crippen LogP contribution in [0.3, 0.4) is 0 Å². The molecule has 0 heterocycles. The molecule has 0 saturated heterocycles. The highest BCUT2D eigenvalue weighted by molar-refractivity contribution is 7.86. The molecule has 0 fully saturated rings. The van der Waals surface area contributed by atoms with E-state index in [0.717, 1.165) is 6.07 Å². The predicted molar refractivity (Wildman–Crippen MR) is 146 cm³/mol. The van der Waals surface area contributed by atoms with Crippen LogP contribution in [0.15, 0.2) is 75.8 Å². The summed E-state index contributed by atoms with van der Waals surface area (Å²) in [5.41, 5.74) is 0.440. The largest absolute Gasteiger partial charge is 0.505 e. The van der Waals surface area contributed by atoms with Crippen molar-refractivity contribution in [3.05, 3.63) is 81.8 Å². The van der Waals surface area contributed by atoms with Gasteiger partial charge in [-0.05, 0) is 55.1 Å². The highest BCUT2D eigenvalue weighted by Gasteiger charge is 2.21. The van der Waals surface area contributed by atoms with Crippen molar-refractivity contribution in [2.24, 2.45) is 10.2 Å². The Bertz CT molecular complexity index is 1710. The van der Waals surface area contributed by atoms with Crippen LogP contribution in [0.25, 0.3) is 10.8 Å². The molecule has 4 rings (SSSR count). The van der Waals surface area contributed by atoms with Gasteiger partial charge in [-0.25, -0.2) is 0 Å². The Morgan fingerprint density at radius 2 is 1.79 bits per heavy atom. The number of halogens is 2. The SMILES string of the molecule is CCOc1cc(Cl)cc(NC(=O)c2cc3ccccc3c(N=Nc3cc(C)c(Cl)cc3S(=O)(=O)O)c2O)c1. The Morgan fingerprint density at radius 3 is 2.50 bits per heavy atom. The molecule has 0 spiro atoms. The maximum atomic E-state index is 13.2. The van der Waals surface area contributed by atoms with E-state index in [-0.39, 0.29) is 22.0 Å². The molecule has 0 aliphatic heterocycles. The summed E-state index contributed by atoms with van der Waals surface area (Å²) in [7, 11) is -4.68. The minimum atomic E-state index is -4.68. The quantitative estimate of drug-likeness (QED) is 0.155. The van der Waals surface area contributed by atoms with Crippen LogP contribution in [0.4, 0.5) is 17.1 Å². The minimum absolute atomic E-state index is 0.0803. The number of aromatic hydroxyl groups is 1. The summed E-state index contributed by atoms with van der Waals surface area (Å²) < 4.78 is 38.9. The van der Waals surface area contributed by atoms with Crippen LogP contribution in [0.2, 0.25) is 10.0 Å². The first-order chi connectivity index (χ1) is 18.0. The van der Waals surface area contributed by atoms with E-state index in [1.165, 1.54) is 18.2 Å². The summed E-state index contributed by atoms with van der Waals surface area (Å²) in [4.78, 5) is 12.6. The second kappa shape index (κ2) is 11.0. The first-order valence-electron chi connectivity index (χ1n) is 11.2. The number of carbonyl (C=O) groups is 1. The Kier molecular flexibility index (Phi) is 7.89. The molecule has 9 nitrogen and oxygen atoms in total. The van der Waals surface area contributed by atoms with Crippen LogP contribution >= 0.6 is 23.2 Å². The van der Waals surface area contributed by atoms with Gasteiger partial charge in [0.15, 0.2) is 5.75 Å². The first kappa shape index (κ1) is 27.3. The number of anilines is 1. The number of nitrogens with one attached hydrogen (secondary N) is 1. The number of phenols is 1. The summed E-state index contributed by atoms with van der Waals surface area (Å²) in [6, 6.07) is 15.4. The van der Waals surface area contributed by atoms with Gasteiger partial charge in [0.1, 0.15) is 22.0 Å². The van der Waals surface area contributed by atoms with Gasteiger partial charge in [0.05, 0.1) is 12.2 Å². The molecule has 12 heteroatoms. The molecule has 0 bridgehead atoms. The number of rotatable bonds is 7. The van der Waals surface area contributed by atoms with Crippen molar-refractivity contribution in [2.75, 3.05) is 11.9 Å². The Hall–Kier alpha value is -3.70. The number of fused-ring (bicyclic) bond motifs is 1. The number of amides is 1.